The molecule has 1 fully saturated rings. The molecule has 0 aromatic rings. The SMILES string of the molecule is COCC(C)(CO)C1(O)CCOC1. The zero-order valence-corrected chi connectivity index (χ0v) is 8.25. The third-order valence-electron chi connectivity index (χ3n) is 2.94. The quantitative estimate of drug-likeness (QED) is 0.643. The third-order valence-corrected chi connectivity index (χ3v) is 2.94. The van der Waals surface area contributed by atoms with E-state index in [0.717, 1.165) is 0 Å². The first-order chi connectivity index (χ1) is 6.08. The van der Waals surface area contributed by atoms with Crippen molar-refractivity contribution in [2.75, 3.05) is 33.5 Å². The second kappa shape index (κ2) is 3.92. The molecule has 0 bridgehead atoms. The predicted octanol–water partition coefficient (Wildman–Crippen LogP) is -0.217. The van der Waals surface area contributed by atoms with Crippen molar-refractivity contribution < 1.29 is 19.7 Å². The van der Waals surface area contributed by atoms with E-state index in [4.69, 9.17) is 9.47 Å². The van der Waals surface area contributed by atoms with Gasteiger partial charge in [0.25, 0.3) is 0 Å². The van der Waals surface area contributed by atoms with Crippen LogP contribution in [-0.4, -0.2) is 49.4 Å². The first-order valence-corrected chi connectivity index (χ1v) is 4.48. The molecule has 78 valence electrons. The Morgan fingerprint density at radius 2 is 2.31 bits per heavy atom. The van der Waals surface area contributed by atoms with Crippen LogP contribution in [0.5, 0.6) is 0 Å². The van der Waals surface area contributed by atoms with Crippen LogP contribution in [0.1, 0.15) is 13.3 Å². The lowest BCUT2D eigenvalue weighted by Gasteiger charge is -2.39. The van der Waals surface area contributed by atoms with Crippen LogP contribution in [0.4, 0.5) is 0 Å². The molecule has 1 rings (SSSR count). The van der Waals surface area contributed by atoms with Gasteiger partial charge in [0.05, 0.1) is 25.4 Å². The smallest absolute Gasteiger partial charge is 0.0999 e. The van der Waals surface area contributed by atoms with Crippen molar-refractivity contribution in [3.8, 4) is 0 Å². The second-order valence-electron chi connectivity index (χ2n) is 3.99. The molecule has 0 saturated carbocycles. The minimum absolute atomic E-state index is 0.0965. The summed E-state index contributed by atoms with van der Waals surface area (Å²) in [7, 11) is 1.56. The summed E-state index contributed by atoms with van der Waals surface area (Å²) in [5.41, 5.74) is -1.57. The Morgan fingerprint density at radius 3 is 2.69 bits per heavy atom. The van der Waals surface area contributed by atoms with E-state index in [2.05, 4.69) is 0 Å². The van der Waals surface area contributed by atoms with Gasteiger partial charge in [-0.3, -0.25) is 0 Å². The molecule has 0 aromatic carbocycles. The summed E-state index contributed by atoms with van der Waals surface area (Å²) < 4.78 is 10.1. The molecule has 0 aromatic heterocycles. The molecule has 1 aliphatic rings. The molecule has 1 heterocycles. The van der Waals surface area contributed by atoms with E-state index >= 15 is 0 Å². The molecular formula is C9H18O4. The summed E-state index contributed by atoms with van der Waals surface area (Å²) in [5.74, 6) is 0. The molecule has 2 atom stereocenters. The fourth-order valence-corrected chi connectivity index (χ4v) is 1.68. The molecular weight excluding hydrogens is 172 g/mol. The summed E-state index contributed by atoms with van der Waals surface area (Å²) in [6.45, 7) is 2.89. The van der Waals surface area contributed by atoms with Crippen molar-refractivity contribution in [1.29, 1.82) is 0 Å². The molecule has 2 N–H and O–H groups in total. The number of aliphatic hydroxyl groups is 2. The molecule has 4 heteroatoms. The van der Waals surface area contributed by atoms with E-state index in [1.54, 1.807) is 7.11 Å². The Kier molecular flexibility index (Phi) is 3.29. The van der Waals surface area contributed by atoms with Gasteiger partial charge < -0.3 is 19.7 Å². The Hall–Kier alpha value is -0.160. The monoisotopic (exact) mass is 190 g/mol. The topological polar surface area (TPSA) is 58.9 Å². The van der Waals surface area contributed by atoms with Crippen LogP contribution in [0, 0.1) is 5.41 Å². The van der Waals surface area contributed by atoms with Gasteiger partial charge in [-0.05, 0) is 0 Å². The van der Waals surface area contributed by atoms with Crippen molar-refractivity contribution in [3.63, 3.8) is 0 Å². The first kappa shape index (κ1) is 10.9. The van der Waals surface area contributed by atoms with Crippen LogP contribution in [0.2, 0.25) is 0 Å². The summed E-state index contributed by atoms with van der Waals surface area (Å²) >= 11 is 0. The number of hydrogen-bond acceptors (Lipinski definition) is 4. The Morgan fingerprint density at radius 1 is 1.62 bits per heavy atom. The van der Waals surface area contributed by atoms with E-state index < -0.39 is 11.0 Å². The molecule has 1 saturated heterocycles. The molecule has 0 spiro atoms. The number of methoxy groups -OCH3 is 1. The lowest BCUT2D eigenvalue weighted by Crippen LogP contribution is -2.52. The van der Waals surface area contributed by atoms with Crippen molar-refractivity contribution in [3.05, 3.63) is 0 Å². The fourth-order valence-electron chi connectivity index (χ4n) is 1.68. The van der Waals surface area contributed by atoms with Crippen LogP contribution >= 0.6 is 0 Å². The lowest BCUT2D eigenvalue weighted by molar-refractivity contribution is -0.128. The second-order valence-corrected chi connectivity index (χ2v) is 3.99. The highest BCUT2D eigenvalue weighted by Crippen LogP contribution is 2.37. The molecule has 1 aliphatic heterocycles. The number of rotatable bonds is 4. The normalized spacial score (nSPS) is 33.2. The van der Waals surface area contributed by atoms with Crippen LogP contribution in [0.3, 0.4) is 0 Å². The van der Waals surface area contributed by atoms with Gasteiger partial charge >= 0.3 is 0 Å². The molecule has 13 heavy (non-hydrogen) atoms. The Bertz CT molecular complexity index is 165. The molecule has 0 aliphatic carbocycles. The molecule has 0 amide bonds. The standard InChI is InChI=1S/C9H18O4/c1-8(5-10,6-12-2)9(11)3-4-13-7-9/h10-11H,3-7H2,1-2H3. The number of aliphatic hydroxyl groups excluding tert-OH is 1. The van der Waals surface area contributed by atoms with Crippen LogP contribution in [-0.2, 0) is 9.47 Å². The Balaban J connectivity index is 2.73. The van der Waals surface area contributed by atoms with Crippen LogP contribution in [0.25, 0.3) is 0 Å². The lowest BCUT2D eigenvalue weighted by atomic mass is 9.74. The van der Waals surface area contributed by atoms with Crippen molar-refractivity contribution >= 4 is 0 Å². The minimum atomic E-state index is -0.947. The van der Waals surface area contributed by atoms with Crippen LogP contribution in [0.15, 0.2) is 0 Å². The highest BCUT2D eigenvalue weighted by atomic mass is 16.5. The maximum atomic E-state index is 10.2. The average Bonchev–Trinajstić information content (AvgIpc) is 2.54. The first-order valence-electron chi connectivity index (χ1n) is 4.48. The maximum absolute atomic E-state index is 10.2. The molecule has 2 unspecified atom stereocenters. The van der Waals surface area contributed by atoms with Gasteiger partial charge in [-0.25, -0.2) is 0 Å². The highest BCUT2D eigenvalue weighted by molar-refractivity contribution is 4.98. The van der Waals surface area contributed by atoms with Gasteiger partial charge in [-0.1, -0.05) is 6.92 Å². The van der Waals surface area contributed by atoms with Gasteiger partial charge in [-0.15, -0.1) is 0 Å². The molecule has 0 radical (unpaired) electrons. The predicted molar refractivity (Wildman–Crippen MR) is 47.5 cm³/mol. The highest BCUT2D eigenvalue weighted by Gasteiger charge is 2.49. The summed E-state index contributed by atoms with van der Waals surface area (Å²) in [4.78, 5) is 0. The number of hydrogen-bond donors (Lipinski definition) is 2. The van der Waals surface area contributed by atoms with Gasteiger partial charge in [0, 0.05) is 25.6 Å². The third kappa shape index (κ3) is 1.86. The Labute approximate surface area is 78.5 Å². The van der Waals surface area contributed by atoms with E-state index in [0.29, 0.717) is 19.6 Å². The summed E-state index contributed by atoms with van der Waals surface area (Å²) in [5, 5.41) is 19.4. The van der Waals surface area contributed by atoms with E-state index in [9.17, 15) is 10.2 Å². The number of ether oxygens (including phenoxy) is 2. The van der Waals surface area contributed by atoms with Crippen molar-refractivity contribution in [2.45, 2.75) is 18.9 Å². The van der Waals surface area contributed by atoms with Gasteiger partial charge in [0.2, 0.25) is 0 Å². The summed E-state index contributed by atoms with van der Waals surface area (Å²) in [6.07, 6.45) is 0.563. The van der Waals surface area contributed by atoms with Gasteiger partial charge in [0.1, 0.15) is 0 Å². The fraction of sp³-hybridized carbons (Fsp3) is 1.00. The van der Waals surface area contributed by atoms with Gasteiger partial charge in [0.15, 0.2) is 0 Å². The zero-order valence-electron chi connectivity index (χ0n) is 8.25. The van der Waals surface area contributed by atoms with E-state index in [1.165, 1.54) is 0 Å². The summed E-state index contributed by atoms with van der Waals surface area (Å²) in [6, 6.07) is 0. The molecule has 4 nitrogen and oxygen atoms in total. The van der Waals surface area contributed by atoms with E-state index in [-0.39, 0.29) is 13.2 Å². The minimum Gasteiger partial charge on any atom is -0.396 e. The van der Waals surface area contributed by atoms with Crippen LogP contribution < -0.4 is 0 Å². The average molecular weight is 190 g/mol. The maximum Gasteiger partial charge on any atom is 0.0999 e. The van der Waals surface area contributed by atoms with Crippen molar-refractivity contribution in [2.24, 2.45) is 5.41 Å². The largest absolute Gasteiger partial charge is 0.396 e. The van der Waals surface area contributed by atoms with E-state index in [1.807, 2.05) is 6.92 Å². The zero-order chi connectivity index (χ0) is 9.95. The van der Waals surface area contributed by atoms with Crippen molar-refractivity contribution in [1.82, 2.24) is 0 Å². The van der Waals surface area contributed by atoms with Gasteiger partial charge in [-0.2, -0.15) is 0 Å².